The third kappa shape index (κ3) is 6.96. The number of ether oxygens (including phenoxy) is 2. The molecule has 0 saturated carbocycles. The van der Waals surface area contributed by atoms with Crippen molar-refractivity contribution >= 4 is 17.7 Å². The molecule has 5 heteroatoms. The third-order valence-corrected chi connectivity index (χ3v) is 7.53. The van der Waals surface area contributed by atoms with Crippen molar-refractivity contribution in [2.75, 3.05) is 0 Å². The van der Waals surface area contributed by atoms with Gasteiger partial charge >= 0.3 is 11.9 Å². The van der Waals surface area contributed by atoms with Gasteiger partial charge in [-0.1, -0.05) is 152 Å². The maximum atomic E-state index is 14.2. The highest BCUT2D eigenvalue weighted by atomic mass is 16.6. The molecule has 43 heavy (non-hydrogen) atoms. The number of hydrogen-bond acceptors (Lipinski definition) is 5. The quantitative estimate of drug-likeness (QED) is 0.0894. The highest BCUT2D eigenvalue weighted by Crippen LogP contribution is 2.45. The number of hydrogen-bond donors (Lipinski definition) is 0. The molecular weight excluding hydrogens is 536 g/mol. The molecule has 0 aromatic heterocycles. The van der Waals surface area contributed by atoms with E-state index in [4.69, 9.17) is 9.47 Å². The summed E-state index contributed by atoms with van der Waals surface area (Å²) in [6.07, 6.45) is -0.170. The Morgan fingerprint density at radius 2 is 0.837 bits per heavy atom. The number of carbonyl (C=O) groups excluding carboxylic acids is 3. The van der Waals surface area contributed by atoms with Gasteiger partial charge in [-0.3, -0.25) is 14.4 Å². The molecule has 0 amide bonds. The second-order valence-electron chi connectivity index (χ2n) is 10.3. The van der Waals surface area contributed by atoms with Crippen LogP contribution < -0.4 is 0 Å². The van der Waals surface area contributed by atoms with E-state index in [0.717, 1.165) is 11.1 Å². The highest BCUT2D eigenvalue weighted by molar-refractivity contribution is 6.02. The summed E-state index contributed by atoms with van der Waals surface area (Å²) >= 11 is 0. The Labute approximate surface area is 251 Å². The normalized spacial score (nSPS) is 11.1. The minimum absolute atomic E-state index is 0.0333. The van der Waals surface area contributed by atoms with E-state index in [2.05, 4.69) is 0 Å². The fourth-order valence-corrected chi connectivity index (χ4v) is 5.38. The van der Waals surface area contributed by atoms with Gasteiger partial charge in [-0.05, 0) is 22.3 Å². The molecule has 0 unspecified atom stereocenters. The summed E-state index contributed by atoms with van der Waals surface area (Å²) in [5.41, 5.74) is 1.85. The first-order valence-corrected chi connectivity index (χ1v) is 14.2. The smallest absolute Gasteiger partial charge is 0.321 e. The second kappa shape index (κ2) is 14.1. The van der Waals surface area contributed by atoms with Crippen LogP contribution in [0.5, 0.6) is 0 Å². The molecule has 0 aliphatic heterocycles. The molecule has 5 aromatic rings. The van der Waals surface area contributed by atoms with E-state index in [1.54, 1.807) is 24.3 Å². The lowest BCUT2D eigenvalue weighted by atomic mass is 9.62. The van der Waals surface area contributed by atoms with Crippen LogP contribution in [0.2, 0.25) is 0 Å². The number of rotatable bonds is 12. The lowest BCUT2D eigenvalue weighted by molar-refractivity contribution is -0.166. The van der Waals surface area contributed by atoms with Crippen LogP contribution >= 0.6 is 0 Å². The van der Waals surface area contributed by atoms with Gasteiger partial charge in [0.2, 0.25) is 0 Å². The van der Waals surface area contributed by atoms with Gasteiger partial charge in [0.05, 0.1) is 5.41 Å². The van der Waals surface area contributed by atoms with Crippen LogP contribution in [-0.2, 0) is 37.7 Å². The standard InChI is InChI=1S/C38H32O5/c39-34(31-20-10-3-11-21-31)26-38(32-22-12-4-13-23-32,33-24-14-5-15-25-33)35(36(40)42-27-29-16-6-1-7-17-29)37(41)43-28-30-18-8-2-9-19-30/h1-25,35H,26-28H2. The first-order chi connectivity index (χ1) is 21.1. The Balaban J connectivity index is 1.64. The predicted molar refractivity (Wildman–Crippen MR) is 165 cm³/mol. The molecule has 0 radical (unpaired) electrons. The summed E-state index contributed by atoms with van der Waals surface area (Å²) in [4.78, 5) is 42.5. The van der Waals surface area contributed by atoms with Crippen molar-refractivity contribution in [1.82, 2.24) is 0 Å². The number of Topliss-reactive ketones (excluding diaryl/α,β-unsaturated/α-hetero) is 1. The van der Waals surface area contributed by atoms with E-state index in [-0.39, 0.29) is 25.4 Å². The number of ketones is 1. The average molecular weight is 569 g/mol. The molecule has 5 aromatic carbocycles. The van der Waals surface area contributed by atoms with Crippen LogP contribution in [0, 0.1) is 5.92 Å². The van der Waals surface area contributed by atoms with Gasteiger partial charge in [-0.15, -0.1) is 0 Å². The van der Waals surface area contributed by atoms with Crippen LogP contribution in [0.25, 0.3) is 0 Å². The molecule has 0 spiro atoms. The highest BCUT2D eigenvalue weighted by Gasteiger charge is 2.53. The fourth-order valence-electron chi connectivity index (χ4n) is 5.38. The molecule has 0 saturated heterocycles. The molecular formula is C38H32O5. The van der Waals surface area contributed by atoms with E-state index >= 15 is 0 Å². The van der Waals surface area contributed by atoms with E-state index in [0.29, 0.717) is 16.7 Å². The number of carbonyl (C=O) groups is 3. The van der Waals surface area contributed by atoms with E-state index in [1.807, 2.05) is 127 Å². The number of esters is 2. The Morgan fingerprint density at radius 3 is 1.23 bits per heavy atom. The predicted octanol–water partition coefficient (Wildman–Crippen LogP) is 7.35. The maximum absolute atomic E-state index is 14.2. The van der Waals surface area contributed by atoms with Gasteiger partial charge in [0.1, 0.15) is 13.2 Å². The van der Waals surface area contributed by atoms with Crippen LogP contribution in [0.3, 0.4) is 0 Å². The lowest BCUT2D eigenvalue weighted by Crippen LogP contribution is -2.48. The summed E-state index contributed by atoms with van der Waals surface area (Å²) in [6, 6.07) is 45.8. The second-order valence-corrected chi connectivity index (χ2v) is 10.3. The van der Waals surface area contributed by atoms with Crippen molar-refractivity contribution in [2.24, 2.45) is 5.92 Å². The largest absolute Gasteiger partial charge is 0.460 e. The van der Waals surface area contributed by atoms with Crippen molar-refractivity contribution in [3.63, 3.8) is 0 Å². The fraction of sp³-hybridized carbons (Fsp3) is 0.132. The lowest BCUT2D eigenvalue weighted by Gasteiger charge is -2.39. The summed E-state index contributed by atoms with van der Waals surface area (Å²) in [7, 11) is 0. The minimum atomic E-state index is -1.49. The molecule has 0 aliphatic carbocycles. The van der Waals surface area contributed by atoms with Crippen LogP contribution in [-0.4, -0.2) is 17.7 Å². The van der Waals surface area contributed by atoms with Gasteiger partial charge in [0.25, 0.3) is 0 Å². The van der Waals surface area contributed by atoms with Gasteiger partial charge in [-0.25, -0.2) is 0 Å². The molecule has 0 bridgehead atoms. The Hall–Kier alpha value is -5.29. The first kappa shape index (κ1) is 29.2. The summed E-state index contributed by atoms with van der Waals surface area (Å²) < 4.78 is 11.7. The average Bonchev–Trinajstić information content (AvgIpc) is 3.08. The van der Waals surface area contributed by atoms with Crippen molar-refractivity contribution < 1.29 is 23.9 Å². The maximum Gasteiger partial charge on any atom is 0.321 e. The summed E-state index contributed by atoms with van der Waals surface area (Å²) in [5.74, 6) is -3.24. The molecule has 5 rings (SSSR count). The zero-order valence-electron chi connectivity index (χ0n) is 23.7. The summed E-state index contributed by atoms with van der Waals surface area (Å²) in [5, 5.41) is 0. The third-order valence-electron chi connectivity index (χ3n) is 7.53. The Bertz CT molecular complexity index is 1520. The zero-order chi connectivity index (χ0) is 29.9. The van der Waals surface area contributed by atoms with Gasteiger partial charge in [-0.2, -0.15) is 0 Å². The SMILES string of the molecule is O=C(CC(c1ccccc1)(c1ccccc1)C(C(=O)OCc1ccccc1)C(=O)OCc1ccccc1)c1ccccc1. The Morgan fingerprint density at radius 1 is 0.488 bits per heavy atom. The molecule has 0 N–H and O–H groups in total. The molecule has 0 fully saturated rings. The molecule has 0 aliphatic rings. The van der Waals surface area contributed by atoms with Crippen LogP contribution in [0.4, 0.5) is 0 Å². The van der Waals surface area contributed by atoms with E-state index in [9.17, 15) is 14.4 Å². The van der Waals surface area contributed by atoms with Crippen molar-refractivity contribution in [3.8, 4) is 0 Å². The van der Waals surface area contributed by atoms with Crippen molar-refractivity contribution in [3.05, 3.63) is 179 Å². The van der Waals surface area contributed by atoms with Gasteiger partial charge < -0.3 is 9.47 Å². The molecule has 214 valence electrons. The molecule has 5 nitrogen and oxygen atoms in total. The molecule has 0 heterocycles. The summed E-state index contributed by atoms with van der Waals surface area (Å²) in [6.45, 7) is -0.0666. The van der Waals surface area contributed by atoms with E-state index in [1.165, 1.54) is 0 Å². The Kier molecular flexibility index (Phi) is 9.55. The van der Waals surface area contributed by atoms with Crippen LogP contribution in [0.15, 0.2) is 152 Å². The van der Waals surface area contributed by atoms with Crippen molar-refractivity contribution in [2.45, 2.75) is 25.0 Å². The van der Waals surface area contributed by atoms with Gasteiger partial charge in [0.15, 0.2) is 11.7 Å². The van der Waals surface area contributed by atoms with Crippen molar-refractivity contribution in [1.29, 1.82) is 0 Å². The van der Waals surface area contributed by atoms with E-state index < -0.39 is 23.3 Å². The van der Waals surface area contributed by atoms with Crippen LogP contribution in [0.1, 0.15) is 39.0 Å². The molecule has 0 atom stereocenters. The monoisotopic (exact) mass is 568 g/mol. The first-order valence-electron chi connectivity index (χ1n) is 14.2. The number of benzene rings is 5. The topological polar surface area (TPSA) is 69.7 Å². The zero-order valence-corrected chi connectivity index (χ0v) is 23.7. The minimum Gasteiger partial charge on any atom is -0.460 e. The van der Waals surface area contributed by atoms with Gasteiger partial charge in [0, 0.05) is 12.0 Å².